The number of para-hydroxylation sites is 1. The lowest BCUT2D eigenvalue weighted by molar-refractivity contribution is -0.387. The van der Waals surface area contributed by atoms with Crippen molar-refractivity contribution in [2.45, 2.75) is 24.3 Å². The number of carbonyl (C=O) groups excluding carboxylic acids is 1. The molecule has 27 heavy (non-hydrogen) atoms. The van der Waals surface area contributed by atoms with Crippen LogP contribution >= 0.6 is 11.3 Å². The molecule has 1 aliphatic heterocycles. The standard InChI is InChI=1S/C16H17N3O6S2/c1-25-16(20)14-10-5-4-8-17-9-12(10)26-15(14)18-27(23,24)13-7-3-2-6-11(13)19(21)22/h2-3,6-7,17-18H,4-5,8-9H2,1H3. The third-order valence-electron chi connectivity index (χ3n) is 4.12. The number of sulfonamides is 1. The first kappa shape index (κ1) is 19.3. The number of rotatable bonds is 5. The Hall–Kier alpha value is -2.50. The van der Waals surface area contributed by atoms with Crippen LogP contribution in [0.1, 0.15) is 27.2 Å². The second-order valence-electron chi connectivity index (χ2n) is 5.81. The summed E-state index contributed by atoms with van der Waals surface area (Å²) in [5, 5.41) is 14.5. The van der Waals surface area contributed by atoms with Crippen LogP contribution in [0.2, 0.25) is 0 Å². The maximum Gasteiger partial charge on any atom is 0.341 e. The monoisotopic (exact) mass is 411 g/mol. The molecule has 0 atom stereocenters. The molecule has 0 spiro atoms. The molecule has 9 nitrogen and oxygen atoms in total. The van der Waals surface area contributed by atoms with Crippen molar-refractivity contribution in [3.63, 3.8) is 0 Å². The number of nitro benzene ring substituents is 1. The predicted octanol–water partition coefficient (Wildman–Crippen LogP) is 2.28. The summed E-state index contributed by atoms with van der Waals surface area (Å²) in [6.07, 6.45) is 1.40. The molecule has 1 aromatic heterocycles. The zero-order chi connectivity index (χ0) is 19.6. The van der Waals surface area contributed by atoms with Crippen LogP contribution in [0, 0.1) is 10.1 Å². The molecule has 0 bridgehead atoms. The number of esters is 1. The van der Waals surface area contributed by atoms with Crippen molar-refractivity contribution in [2.75, 3.05) is 18.4 Å². The van der Waals surface area contributed by atoms with Gasteiger partial charge in [-0.25, -0.2) is 13.2 Å². The largest absolute Gasteiger partial charge is 0.465 e. The number of thiophene rings is 1. The van der Waals surface area contributed by atoms with E-state index in [1.54, 1.807) is 0 Å². The van der Waals surface area contributed by atoms with E-state index in [1.807, 2.05) is 0 Å². The topological polar surface area (TPSA) is 128 Å². The van der Waals surface area contributed by atoms with Gasteiger partial charge in [-0.05, 0) is 31.0 Å². The van der Waals surface area contributed by atoms with Gasteiger partial charge in [-0.15, -0.1) is 11.3 Å². The first-order valence-corrected chi connectivity index (χ1v) is 10.3. The molecule has 144 valence electrons. The van der Waals surface area contributed by atoms with E-state index in [0.29, 0.717) is 13.0 Å². The van der Waals surface area contributed by atoms with Crippen molar-refractivity contribution < 1.29 is 22.9 Å². The highest BCUT2D eigenvalue weighted by Gasteiger charge is 2.31. The summed E-state index contributed by atoms with van der Waals surface area (Å²) >= 11 is 1.13. The highest BCUT2D eigenvalue weighted by atomic mass is 32.2. The van der Waals surface area contributed by atoms with Gasteiger partial charge in [0.1, 0.15) is 5.00 Å². The summed E-state index contributed by atoms with van der Waals surface area (Å²) in [4.78, 5) is 23.1. The van der Waals surface area contributed by atoms with Crippen molar-refractivity contribution in [1.29, 1.82) is 0 Å². The van der Waals surface area contributed by atoms with Crippen LogP contribution in [0.4, 0.5) is 10.7 Å². The number of nitro groups is 1. The highest BCUT2D eigenvalue weighted by molar-refractivity contribution is 7.93. The molecule has 2 aromatic rings. The normalized spacial score (nSPS) is 14.1. The van der Waals surface area contributed by atoms with Crippen LogP contribution < -0.4 is 10.0 Å². The summed E-state index contributed by atoms with van der Waals surface area (Å²) in [6.45, 7) is 1.30. The number of nitrogens with one attached hydrogen (secondary N) is 2. The van der Waals surface area contributed by atoms with Gasteiger partial charge in [0.2, 0.25) is 0 Å². The Morgan fingerprint density at radius 2 is 2.11 bits per heavy atom. The molecule has 11 heteroatoms. The van der Waals surface area contributed by atoms with E-state index in [9.17, 15) is 23.3 Å². The van der Waals surface area contributed by atoms with Gasteiger partial charge in [0.25, 0.3) is 15.7 Å². The lowest BCUT2D eigenvalue weighted by Gasteiger charge is -2.09. The average Bonchev–Trinajstić information content (AvgIpc) is 2.81. The highest BCUT2D eigenvalue weighted by Crippen LogP contribution is 2.38. The van der Waals surface area contributed by atoms with E-state index in [1.165, 1.54) is 19.2 Å². The van der Waals surface area contributed by atoms with Crippen molar-refractivity contribution in [2.24, 2.45) is 0 Å². The van der Waals surface area contributed by atoms with Gasteiger partial charge in [-0.1, -0.05) is 12.1 Å². The van der Waals surface area contributed by atoms with Gasteiger partial charge in [0.05, 0.1) is 17.6 Å². The van der Waals surface area contributed by atoms with Gasteiger partial charge in [0.15, 0.2) is 4.90 Å². The molecule has 0 aliphatic carbocycles. The molecule has 1 aliphatic rings. The Morgan fingerprint density at radius 3 is 2.81 bits per heavy atom. The van der Waals surface area contributed by atoms with E-state index >= 15 is 0 Å². The Kier molecular flexibility index (Phi) is 5.44. The van der Waals surface area contributed by atoms with Crippen LogP contribution in [0.3, 0.4) is 0 Å². The predicted molar refractivity (Wildman–Crippen MR) is 99.6 cm³/mol. The van der Waals surface area contributed by atoms with Crippen LogP contribution in [-0.2, 0) is 27.7 Å². The molecule has 0 saturated carbocycles. The van der Waals surface area contributed by atoms with Crippen molar-refractivity contribution >= 4 is 38.0 Å². The van der Waals surface area contributed by atoms with Crippen LogP contribution in [0.15, 0.2) is 29.2 Å². The van der Waals surface area contributed by atoms with E-state index in [4.69, 9.17) is 4.74 Å². The molecular formula is C16H17N3O6S2. The molecule has 0 unspecified atom stereocenters. The third kappa shape index (κ3) is 3.80. The quantitative estimate of drug-likeness (QED) is 0.439. The number of fused-ring (bicyclic) bond motifs is 1. The average molecular weight is 411 g/mol. The first-order chi connectivity index (χ1) is 12.8. The molecule has 2 N–H and O–H groups in total. The van der Waals surface area contributed by atoms with E-state index < -0.39 is 31.5 Å². The summed E-state index contributed by atoms with van der Waals surface area (Å²) < 4.78 is 32.8. The molecule has 0 amide bonds. The van der Waals surface area contributed by atoms with Crippen molar-refractivity contribution in [3.8, 4) is 0 Å². The number of anilines is 1. The fourth-order valence-electron chi connectivity index (χ4n) is 2.91. The van der Waals surface area contributed by atoms with Crippen molar-refractivity contribution in [1.82, 2.24) is 5.32 Å². The second kappa shape index (κ2) is 7.62. The molecule has 0 radical (unpaired) electrons. The minimum atomic E-state index is -4.27. The molecule has 0 saturated heterocycles. The number of ether oxygens (including phenoxy) is 1. The Labute approximate surface area is 159 Å². The van der Waals surface area contributed by atoms with Crippen LogP contribution in [0.25, 0.3) is 0 Å². The smallest absolute Gasteiger partial charge is 0.341 e. The molecular weight excluding hydrogens is 394 g/mol. The Bertz CT molecular complexity index is 1000. The number of benzene rings is 1. The van der Waals surface area contributed by atoms with Gasteiger partial charge < -0.3 is 10.1 Å². The van der Waals surface area contributed by atoms with Crippen LogP contribution in [-0.4, -0.2) is 33.0 Å². The zero-order valence-corrected chi connectivity index (χ0v) is 16.0. The van der Waals surface area contributed by atoms with E-state index in [2.05, 4.69) is 10.0 Å². The molecule has 2 heterocycles. The van der Waals surface area contributed by atoms with E-state index in [-0.39, 0.29) is 10.6 Å². The number of carbonyl (C=O) groups is 1. The van der Waals surface area contributed by atoms with Gasteiger partial charge in [0, 0.05) is 17.5 Å². The molecule has 1 aromatic carbocycles. The fraction of sp³-hybridized carbons (Fsp3) is 0.312. The van der Waals surface area contributed by atoms with Gasteiger partial charge in [-0.2, -0.15) is 0 Å². The third-order valence-corrected chi connectivity index (χ3v) is 6.80. The number of hydrogen-bond acceptors (Lipinski definition) is 8. The fourth-order valence-corrected chi connectivity index (χ4v) is 5.60. The van der Waals surface area contributed by atoms with Crippen molar-refractivity contribution in [3.05, 3.63) is 50.4 Å². The molecule has 3 rings (SSSR count). The maximum absolute atomic E-state index is 12.8. The summed E-state index contributed by atoms with van der Waals surface area (Å²) in [7, 11) is -3.05. The summed E-state index contributed by atoms with van der Waals surface area (Å²) in [6, 6.07) is 5.05. The zero-order valence-electron chi connectivity index (χ0n) is 14.4. The minimum Gasteiger partial charge on any atom is -0.465 e. The maximum atomic E-state index is 12.8. The SMILES string of the molecule is COC(=O)c1c(NS(=O)(=O)c2ccccc2[N+](=O)[O-])sc2c1CCCNC2. The minimum absolute atomic E-state index is 0.105. The lowest BCUT2D eigenvalue weighted by Crippen LogP contribution is -2.16. The first-order valence-electron chi connectivity index (χ1n) is 8.05. The summed E-state index contributed by atoms with van der Waals surface area (Å²) in [5.74, 6) is -0.644. The van der Waals surface area contributed by atoms with Crippen LogP contribution in [0.5, 0.6) is 0 Å². The Balaban J connectivity index is 2.08. The number of nitrogens with zero attached hydrogens (tertiary/aromatic N) is 1. The Morgan fingerprint density at radius 1 is 1.37 bits per heavy atom. The number of hydrogen-bond donors (Lipinski definition) is 2. The number of methoxy groups -OCH3 is 1. The van der Waals surface area contributed by atoms with E-state index in [0.717, 1.165) is 46.9 Å². The van der Waals surface area contributed by atoms with Gasteiger partial charge >= 0.3 is 5.97 Å². The second-order valence-corrected chi connectivity index (χ2v) is 8.57. The lowest BCUT2D eigenvalue weighted by atomic mass is 10.1. The van der Waals surface area contributed by atoms with Gasteiger partial charge in [-0.3, -0.25) is 14.8 Å². The summed E-state index contributed by atoms with van der Waals surface area (Å²) in [5.41, 5.74) is 0.380. The molecule has 0 fully saturated rings.